The molecule has 1 aliphatic rings. The molecule has 0 radical (unpaired) electrons. The summed E-state index contributed by atoms with van der Waals surface area (Å²) in [6, 6.07) is 16.0. The average Bonchev–Trinajstić information content (AvgIpc) is 2.90. The van der Waals surface area contributed by atoms with Crippen LogP contribution in [0.5, 0.6) is 11.5 Å². The number of hydrogen-bond acceptors (Lipinski definition) is 5. The van der Waals surface area contributed by atoms with Gasteiger partial charge in [0.2, 0.25) is 0 Å². The van der Waals surface area contributed by atoms with E-state index in [2.05, 4.69) is 53.0 Å². The van der Waals surface area contributed by atoms with Crippen LogP contribution in [0.3, 0.4) is 0 Å². The summed E-state index contributed by atoms with van der Waals surface area (Å²) in [7, 11) is 0. The van der Waals surface area contributed by atoms with Gasteiger partial charge in [0.25, 0.3) is 5.56 Å². The molecule has 192 valence electrons. The number of H-pyrrole nitrogens is 1. The number of rotatable bonds is 10. The molecule has 2 aromatic carbocycles. The third kappa shape index (κ3) is 6.36. The molecule has 1 aromatic heterocycles. The first-order valence-corrected chi connectivity index (χ1v) is 13.2. The Bertz CT molecular complexity index is 1230. The Kier molecular flexibility index (Phi) is 8.83. The molecule has 0 aliphatic carbocycles. The average molecular weight is 509 g/mol. The summed E-state index contributed by atoms with van der Waals surface area (Å²) in [6.45, 7) is 11.7. The van der Waals surface area contributed by atoms with Gasteiger partial charge in [-0.2, -0.15) is 0 Å². The number of aromatic amines is 1. The smallest absolute Gasteiger partial charge is 0.253 e. The van der Waals surface area contributed by atoms with Gasteiger partial charge < -0.3 is 29.6 Å². The van der Waals surface area contributed by atoms with E-state index in [0.29, 0.717) is 41.9 Å². The van der Waals surface area contributed by atoms with Crippen LogP contribution in [0.25, 0.3) is 10.9 Å². The van der Waals surface area contributed by atoms with Crippen LogP contribution in [0.4, 0.5) is 0 Å². The molecular weight excluding hydrogens is 472 g/mol. The fourth-order valence-electron chi connectivity index (χ4n) is 4.49. The number of pyridine rings is 1. The Labute approximate surface area is 218 Å². The first-order valence-electron chi connectivity index (χ1n) is 12.8. The van der Waals surface area contributed by atoms with Crippen molar-refractivity contribution in [3.05, 3.63) is 70.0 Å². The van der Waals surface area contributed by atoms with Gasteiger partial charge in [-0.15, -0.1) is 0 Å². The molecular formula is C28H36N4O3S. The van der Waals surface area contributed by atoms with E-state index in [1.807, 2.05) is 36.4 Å². The van der Waals surface area contributed by atoms with E-state index in [1.165, 1.54) is 5.56 Å². The van der Waals surface area contributed by atoms with Crippen molar-refractivity contribution in [2.75, 3.05) is 39.4 Å². The summed E-state index contributed by atoms with van der Waals surface area (Å²) in [5.41, 5.74) is 2.45. The van der Waals surface area contributed by atoms with Gasteiger partial charge in [-0.3, -0.25) is 4.79 Å². The van der Waals surface area contributed by atoms with Crippen molar-refractivity contribution in [2.24, 2.45) is 0 Å². The predicted molar refractivity (Wildman–Crippen MR) is 149 cm³/mol. The van der Waals surface area contributed by atoms with Gasteiger partial charge in [-0.25, -0.2) is 0 Å². The van der Waals surface area contributed by atoms with Crippen molar-refractivity contribution in [3.63, 3.8) is 0 Å². The van der Waals surface area contributed by atoms with E-state index in [9.17, 15) is 4.79 Å². The number of ether oxygens (including phenoxy) is 2. The fourth-order valence-corrected chi connectivity index (χ4v) is 4.82. The summed E-state index contributed by atoms with van der Waals surface area (Å²) in [5, 5.41) is 5.03. The summed E-state index contributed by atoms with van der Waals surface area (Å²) in [4.78, 5) is 20.6. The second-order valence-corrected chi connectivity index (χ2v) is 9.48. The monoisotopic (exact) mass is 508 g/mol. The van der Waals surface area contributed by atoms with Crippen LogP contribution in [0.2, 0.25) is 0 Å². The normalized spacial score (nSPS) is 13.6. The van der Waals surface area contributed by atoms with Crippen LogP contribution < -0.4 is 20.3 Å². The highest BCUT2D eigenvalue weighted by atomic mass is 32.1. The number of aromatic nitrogens is 1. The summed E-state index contributed by atoms with van der Waals surface area (Å²) in [6.07, 6.45) is 0.952. The lowest BCUT2D eigenvalue weighted by atomic mass is 10.1. The Morgan fingerprint density at radius 2 is 1.75 bits per heavy atom. The third-order valence-corrected chi connectivity index (χ3v) is 7.04. The Morgan fingerprint density at radius 3 is 2.44 bits per heavy atom. The molecule has 1 atom stereocenters. The minimum Gasteiger partial charge on any atom is -0.486 e. The minimum atomic E-state index is -0.119. The molecule has 3 aromatic rings. The van der Waals surface area contributed by atoms with Gasteiger partial charge in [0.1, 0.15) is 13.2 Å². The Morgan fingerprint density at radius 1 is 1.06 bits per heavy atom. The van der Waals surface area contributed by atoms with E-state index in [0.717, 1.165) is 43.5 Å². The van der Waals surface area contributed by atoms with Gasteiger partial charge >= 0.3 is 0 Å². The SMILES string of the molecule is CCN(CC)CCCN(Cc1cc2cc3c(cc2[nH]c1=O)OCCO3)C(=S)N[C@H](C)c1ccccc1. The Balaban J connectivity index is 1.55. The van der Waals surface area contributed by atoms with Crippen molar-refractivity contribution in [1.82, 2.24) is 20.1 Å². The second-order valence-electron chi connectivity index (χ2n) is 9.09. The molecule has 0 spiro atoms. The number of benzene rings is 2. The first-order chi connectivity index (χ1) is 17.5. The van der Waals surface area contributed by atoms with Crippen molar-refractivity contribution in [2.45, 2.75) is 39.8 Å². The second kappa shape index (κ2) is 12.2. The minimum absolute atomic E-state index is 0.0579. The largest absolute Gasteiger partial charge is 0.486 e. The van der Waals surface area contributed by atoms with E-state index >= 15 is 0 Å². The summed E-state index contributed by atoms with van der Waals surface area (Å²) in [5.74, 6) is 1.37. The maximum absolute atomic E-state index is 13.1. The van der Waals surface area contributed by atoms with E-state index in [4.69, 9.17) is 21.7 Å². The quantitative estimate of drug-likeness (QED) is 0.392. The molecule has 36 heavy (non-hydrogen) atoms. The molecule has 7 nitrogen and oxygen atoms in total. The molecule has 2 heterocycles. The van der Waals surface area contributed by atoms with Crippen LogP contribution in [0, 0.1) is 0 Å². The highest BCUT2D eigenvalue weighted by Crippen LogP contribution is 2.33. The zero-order valence-corrected chi connectivity index (χ0v) is 22.2. The lowest BCUT2D eigenvalue weighted by Crippen LogP contribution is -2.42. The highest BCUT2D eigenvalue weighted by Gasteiger charge is 2.18. The number of hydrogen-bond donors (Lipinski definition) is 2. The van der Waals surface area contributed by atoms with E-state index < -0.39 is 0 Å². The molecule has 0 bridgehead atoms. The van der Waals surface area contributed by atoms with Crippen LogP contribution in [-0.4, -0.2) is 59.3 Å². The molecule has 0 fully saturated rings. The van der Waals surface area contributed by atoms with Gasteiger partial charge in [0.15, 0.2) is 16.6 Å². The number of thiocarbonyl (C=S) groups is 1. The van der Waals surface area contributed by atoms with Crippen molar-refractivity contribution < 1.29 is 9.47 Å². The van der Waals surface area contributed by atoms with Crippen molar-refractivity contribution in [1.29, 1.82) is 0 Å². The predicted octanol–water partition coefficient (Wildman–Crippen LogP) is 4.47. The molecule has 8 heteroatoms. The zero-order chi connectivity index (χ0) is 25.5. The fraction of sp³-hybridized carbons (Fsp3) is 0.429. The van der Waals surface area contributed by atoms with Crippen LogP contribution >= 0.6 is 12.2 Å². The molecule has 1 aliphatic heterocycles. The Hall–Kier alpha value is -3.10. The standard InChI is InChI=1S/C28H36N4O3S/c1-4-31(5-2)12-9-13-32(28(36)29-20(3)21-10-7-6-8-11-21)19-23-16-22-17-25-26(35-15-14-34-25)18-24(22)30-27(23)33/h6-8,10-11,16-18,20H,4-5,9,12-15,19H2,1-3H3,(H,29,36)(H,30,33)/t20-/m1/s1. The molecule has 2 N–H and O–H groups in total. The molecule has 0 saturated carbocycles. The van der Waals surface area contributed by atoms with E-state index in [-0.39, 0.29) is 11.6 Å². The summed E-state index contributed by atoms with van der Waals surface area (Å²) < 4.78 is 11.4. The van der Waals surface area contributed by atoms with Crippen LogP contribution in [0.15, 0.2) is 53.3 Å². The molecule has 0 unspecified atom stereocenters. The first kappa shape index (κ1) is 26.0. The number of fused-ring (bicyclic) bond motifs is 2. The number of nitrogens with one attached hydrogen (secondary N) is 2. The maximum Gasteiger partial charge on any atom is 0.253 e. The lowest BCUT2D eigenvalue weighted by molar-refractivity contribution is 0.172. The zero-order valence-electron chi connectivity index (χ0n) is 21.4. The van der Waals surface area contributed by atoms with Crippen molar-refractivity contribution >= 4 is 28.2 Å². The van der Waals surface area contributed by atoms with Gasteiger partial charge in [0, 0.05) is 23.6 Å². The topological polar surface area (TPSA) is 69.8 Å². The summed E-state index contributed by atoms with van der Waals surface area (Å²) >= 11 is 5.86. The molecule has 4 rings (SSSR count). The molecule has 0 saturated heterocycles. The molecule has 0 amide bonds. The van der Waals surface area contributed by atoms with Crippen LogP contribution in [0.1, 0.15) is 44.4 Å². The third-order valence-electron chi connectivity index (χ3n) is 6.67. The number of nitrogens with zero attached hydrogens (tertiary/aromatic N) is 2. The van der Waals surface area contributed by atoms with Gasteiger partial charge in [0.05, 0.1) is 18.1 Å². The van der Waals surface area contributed by atoms with Gasteiger partial charge in [-0.05, 0) is 62.9 Å². The van der Waals surface area contributed by atoms with E-state index in [1.54, 1.807) is 0 Å². The highest BCUT2D eigenvalue weighted by molar-refractivity contribution is 7.80. The van der Waals surface area contributed by atoms with Gasteiger partial charge in [-0.1, -0.05) is 44.2 Å². The lowest BCUT2D eigenvalue weighted by Gasteiger charge is -2.29. The van der Waals surface area contributed by atoms with Crippen LogP contribution in [-0.2, 0) is 6.54 Å². The van der Waals surface area contributed by atoms with Crippen molar-refractivity contribution in [3.8, 4) is 11.5 Å². The maximum atomic E-state index is 13.1.